The third-order valence-electron chi connectivity index (χ3n) is 2.88. The Morgan fingerprint density at radius 2 is 2.40 bits per heavy atom. The van der Waals surface area contributed by atoms with Crippen molar-refractivity contribution in [3.63, 3.8) is 0 Å². The molecule has 0 radical (unpaired) electrons. The molecule has 1 rings (SSSR count). The van der Waals surface area contributed by atoms with E-state index in [9.17, 15) is 5.11 Å². The Labute approximate surface area is 92.4 Å². The molecule has 0 aromatic carbocycles. The average Bonchev–Trinajstić information content (AvgIpc) is 2.24. The Kier molecular flexibility index (Phi) is 6.17. The van der Waals surface area contributed by atoms with Crippen LogP contribution >= 0.6 is 0 Å². The van der Waals surface area contributed by atoms with Crippen molar-refractivity contribution in [3.8, 4) is 0 Å². The van der Waals surface area contributed by atoms with Gasteiger partial charge < -0.3 is 20.5 Å². The topological polar surface area (TPSA) is 58.7 Å². The van der Waals surface area contributed by atoms with Crippen LogP contribution in [0.2, 0.25) is 0 Å². The number of hydrogen-bond acceptors (Lipinski definition) is 4. The second kappa shape index (κ2) is 7.17. The van der Waals surface area contributed by atoms with Crippen LogP contribution in [0, 0.1) is 5.92 Å². The Morgan fingerprint density at radius 3 is 3.07 bits per heavy atom. The molecule has 1 heterocycles. The summed E-state index contributed by atoms with van der Waals surface area (Å²) in [6.07, 6.45) is 2.14. The Balaban J connectivity index is 1.99. The first kappa shape index (κ1) is 12.9. The molecule has 0 aromatic rings. The van der Waals surface area contributed by atoms with Crippen molar-refractivity contribution in [2.24, 2.45) is 11.7 Å². The molecular weight excluding hydrogens is 192 g/mol. The number of rotatable bonds is 6. The molecular formula is C11H24N2O2. The number of nitrogens with zero attached hydrogens (tertiary/aromatic N) is 1. The lowest BCUT2D eigenvalue weighted by molar-refractivity contribution is 0.0266. The SMILES string of the molecule is CC1CCCN(CCOCC(O)CN)C1. The summed E-state index contributed by atoms with van der Waals surface area (Å²) >= 11 is 0. The normalized spacial score (nSPS) is 25.4. The zero-order valence-electron chi connectivity index (χ0n) is 9.69. The minimum absolute atomic E-state index is 0.279. The summed E-state index contributed by atoms with van der Waals surface area (Å²) in [7, 11) is 0. The van der Waals surface area contributed by atoms with Gasteiger partial charge in [0, 0.05) is 19.6 Å². The summed E-state index contributed by atoms with van der Waals surface area (Å²) in [5.74, 6) is 0.813. The minimum atomic E-state index is -0.509. The highest BCUT2D eigenvalue weighted by Gasteiger charge is 2.15. The molecule has 2 atom stereocenters. The molecule has 0 bridgehead atoms. The number of aliphatic hydroxyl groups is 1. The largest absolute Gasteiger partial charge is 0.389 e. The van der Waals surface area contributed by atoms with Crippen LogP contribution in [0.1, 0.15) is 19.8 Å². The zero-order chi connectivity index (χ0) is 11.1. The van der Waals surface area contributed by atoms with Crippen LogP contribution in [0.4, 0.5) is 0 Å². The van der Waals surface area contributed by atoms with Crippen molar-refractivity contribution in [2.75, 3.05) is 39.4 Å². The molecule has 0 aromatic heterocycles. The molecule has 4 nitrogen and oxygen atoms in total. The van der Waals surface area contributed by atoms with E-state index < -0.39 is 6.10 Å². The maximum atomic E-state index is 9.17. The van der Waals surface area contributed by atoms with Gasteiger partial charge in [-0.05, 0) is 25.3 Å². The molecule has 3 N–H and O–H groups in total. The van der Waals surface area contributed by atoms with E-state index >= 15 is 0 Å². The van der Waals surface area contributed by atoms with Gasteiger partial charge in [-0.2, -0.15) is 0 Å². The first-order valence-corrected chi connectivity index (χ1v) is 5.90. The molecule has 2 unspecified atom stereocenters. The molecule has 1 aliphatic rings. The summed E-state index contributed by atoms with van der Waals surface area (Å²) in [5, 5.41) is 9.17. The van der Waals surface area contributed by atoms with E-state index in [1.54, 1.807) is 0 Å². The third kappa shape index (κ3) is 5.47. The number of nitrogens with two attached hydrogens (primary N) is 1. The lowest BCUT2D eigenvalue weighted by atomic mass is 10.0. The van der Waals surface area contributed by atoms with Crippen molar-refractivity contribution in [2.45, 2.75) is 25.9 Å². The average molecular weight is 216 g/mol. The third-order valence-corrected chi connectivity index (χ3v) is 2.88. The Hall–Kier alpha value is -0.160. The summed E-state index contributed by atoms with van der Waals surface area (Å²) < 4.78 is 5.35. The number of aliphatic hydroxyl groups excluding tert-OH is 1. The van der Waals surface area contributed by atoms with Crippen LogP contribution in [0.15, 0.2) is 0 Å². The standard InChI is InChI=1S/C11H24N2O2/c1-10-3-2-4-13(8-10)5-6-15-9-11(14)7-12/h10-11,14H,2-9,12H2,1H3. The molecule has 1 aliphatic heterocycles. The van der Waals surface area contributed by atoms with Gasteiger partial charge in [0.25, 0.3) is 0 Å². The van der Waals surface area contributed by atoms with Gasteiger partial charge in [-0.25, -0.2) is 0 Å². The number of ether oxygens (including phenoxy) is 1. The van der Waals surface area contributed by atoms with Crippen LogP contribution in [-0.2, 0) is 4.74 Å². The predicted molar refractivity (Wildman–Crippen MR) is 60.7 cm³/mol. The van der Waals surface area contributed by atoms with E-state index in [4.69, 9.17) is 10.5 Å². The van der Waals surface area contributed by atoms with Gasteiger partial charge in [0.1, 0.15) is 0 Å². The fraction of sp³-hybridized carbons (Fsp3) is 1.00. The number of piperidine rings is 1. The first-order valence-electron chi connectivity index (χ1n) is 5.90. The maximum Gasteiger partial charge on any atom is 0.0895 e. The summed E-state index contributed by atoms with van der Waals surface area (Å²) in [5.41, 5.74) is 5.27. The maximum absolute atomic E-state index is 9.17. The lowest BCUT2D eigenvalue weighted by Crippen LogP contribution is -2.37. The van der Waals surface area contributed by atoms with Crippen molar-refractivity contribution >= 4 is 0 Å². The van der Waals surface area contributed by atoms with Crippen LogP contribution < -0.4 is 5.73 Å². The van der Waals surface area contributed by atoms with E-state index in [0.717, 1.165) is 12.5 Å². The van der Waals surface area contributed by atoms with Crippen LogP contribution in [0.5, 0.6) is 0 Å². The van der Waals surface area contributed by atoms with Crippen molar-refractivity contribution in [1.29, 1.82) is 0 Å². The molecule has 1 saturated heterocycles. The zero-order valence-corrected chi connectivity index (χ0v) is 9.69. The van der Waals surface area contributed by atoms with E-state index in [1.165, 1.54) is 25.9 Å². The van der Waals surface area contributed by atoms with Gasteiger partial charge in [-0.15, -0.1) is 0 Å². The molecule has 0 spiro atoms. The quantitative estimate of drug-likeness (QED) is 0.616. The molecule has 0 aliphatic carbocycles. The second-order valence-electron chi connectivity index (χ2n) is 4.51. The molecule has 4 heteroatoms. The highest BCUT2D eigenvalue weighted by molar-refractivity contribution is 4.69. The number of hydrogen-bond donors (Lipinski definition) is 2. The van der Waals surface area contributed by atoms with Crippen molar-refractivity contribution < 1.29 is 9.84 Å². The summed E-state index contributed by atoms with van der Waals surface area (Å²) in [6.45, 7) is 6.98. The van der Waals surface area contributed by atoms with Gasteiger partial charge in [0.2, 0.25) is 0 Å². The first-order chi connectivity index (χ1) is 7.22. The van der Waals surface area contributed by atoms with Gasteiger partial charge in [0.15, 0.2) is 0 Å². The molecule has 90 valence electrons. The predicted octanol–water partition coefficient (Wildman–Crippen LogP) is 0.0545. The van der Waals surface area contributed by atoms with Gasteiger partial charge >= 0.3 is 0 Å². The minimum Gasteiger partial charge on any atom is -0.389 e. The fourth-order valence-corrected chi connectivity index (χ4v) is 1.97. The highest BCUT2D eigenvalue weighted by atomic mass is 16.5. The lowest BCUT2D eigenvalue weighted by Gasteiger charge is -2.30. The smallest absolute Gasteiger partial charge is 0.0895 e. The molecule has 0 amide bonds. The number of likely N-dealkylation sites (tertiary alicyclic amines) is 1. The Morgan fingerprint density at radius 1 is 1.60 bits per heavy atom. The van der Waals surface area contributed by atoms with Crippen molar-refractivity contribution in [3.05, 3.63) is 0 Å². The molecule has 1 fully saturated rings. The summed E-state index contributed by atoms with van der Waals surface area (Å²) in [4.78, 5) is 2.43. The van der Waals surface area contributed by atoms with Gasteiger partial charge in [-0.3, -0.25) is 0 Å². The molecule has 15 heavy (non-hydrogen) atoms. The van der Waals surface area contributed by atoms with Crippen LogP contribution in [-0.4, -0.2) is 55.5 Å². The van der Waals surface area contributed by atoms with Crippen LogP contribution in [0.3, 0.4) is 0 Å². The highest BCUT2D eigenvalue weighted by Crippen LogP contribution is 2.14. The Bertz CT molecular complexity index is 167. The van der Waals surface area contributed by atoms with E-state index in [-0.39, 0.29) is 6.54 Å². The van der Waals surface area contributed by atoms with Gasteiger partial charge in [0.05, 0.1) is 19.3 Å². The second-order valence-corrected chi connectivity index (χ2v) is 4.51. The molecule has 0 saturated carbocycles. The van der Waals surface area contributed by atoms with Gasteiger partial charge in [-0.1, -0.05) is 6.92 Å². The fourth-order valence-electron chi connectivity index (χ4n) is 1.97. The van der Waals surface area contributed by atoms with Crippen molar-refractivity contribution in [1.82, 2.24) is 4.90 Å². The van der Waals surface area contributed by atoms with E-state index in [0.29, 0.717) is 13.2 Å². The van der Waals surface area contributed by atoms with E-state index in [1.807, 2.05) is 0 Å². The monoisotopic (exact) mass is 216 g/mol. The summed E-state index contributed by atoms with van der Waals surface area (Å²) in [6, 6.07) is 0. The van der Waals surface area contributed by atoms with Crippen LogP contribution in [0.25, 0.3) is 0 Å². The van der Waals surface area contributed by atoms with E-state index in [2.05, 4.69) is 11.8 Å².